The van der Waals surface area contributed by atoms with Crippen molar-refractivity contribution in [3.63, 3.8) is 0 Å². The molecule has 0 amide bonds. The van der Waals surface area contributed by atoms with E-state index in [4.69, 9.17) is 18.8 Å². The van der Waals surface area contributed by atoms with E-state index in [9.17, 15) is 0 Å². The molecular formula is C15H9BN2O. The Labute approximate surface area is 112 Å². The zero-order chi connectivity index (χ0) is 13.4. The molecule has 3 rings (SSSR count). The lowest BCUT2D eigenvalue weighted by molar-refractivity contribution is 0.617. The maximum absolute atomic E-state index is 7.06. The second-order valence-electron chi connectivity index (χ2n) is 4.36. The molecule has 1 heterocycles. The molecule has 3 nitrogen and oxygen atoms in total. The number of fused-ring (bicyclic) bond motifs is 1. The summed E-state index contributed by atoms with van der Waals surface area (Å²) < 4.78 is 5.77. The molecule has 3 aromatic rings. The van der Waals surface area contributed by atoms with Crippen molar-refractivity contribution >= 4 is 30.1 Å². The molecule has 2 radical (unpaired) electrons. The number of hydrogen-bond donors (Lipinski definition) is 0. The van der Waals surface area contributed by atoms with Crippen molar-refractivity contribution < 1.29 is 4.42 Å². The number of aryl methyl sites for hydroxylation is 1. The van der Waals surface area contributed by atoms with Crippen LogP contribution < -0.4 is 5.46 Å². The summed E-state index contributed by atoms with van der Waals surface area (Å²) in [6.45, 7) is 8.97. The highest BCUT2D eigenvalue weighted by atomic mass is 16.3. The summed E-state index contributed by atoms with van der Waals surface area (Å²) in [6, 6.07) is 10.9. The van der Waals surface area contributed by atoms with E-state index < -0.39 is 0 Å². The van der Waals surface area contributed by atoms with E-state index in [0.29, 0.717) is 22.6 Å². The average Bonchev–Trinajstić information content (AvgIpc) is 2.84. The van der Waals surface area contributed by atoms with Gasteiger partial charge in [0.25, 0.3) is 0 Å². The van der Waals surface area contributed by atoms with Gasteiger partial charge in [-0.05, 0) is 24.6 Å². The maximum Gasteiger partial charge on any atom is 0.227 e. The van der Waals surface area contributed by atoms with Crippen molar-refractivity contribution in [2.75, 3.05) is 0 Å². The SMILES string of the molecule is [B]c1ccc(-c2nc3cc([N+]#[C-])cc(C)c3o2)cc1. The van der Waals surface area contributed by atoms with E-state index in [1.807, 2.05) is 31.2 Å². The largest absolute Gasteiger partial charge is 0.436 e. The molecule has 0 aliphatic heterocycles. The quantitative estimate of drug-likeness (QED) is 0.486. The third-order valence-corrected chi connectivity index (χ3v) is 2.95. The molecular weight excluding hydrogens is 235 g/mol. The predicted octanol–water partition coefficient (Wildman–Crippen LogP) is 3.15. The molecule has 0 fully saturated rings. The Balaban J connectivity index is 2.19. The first-order valence-electron chi connectivity index (χ1n) is 5.82. The van der Waals surface area contributed by atoms with Crippen LogP contribution in [0, 0.1) is 13.5 Å². The van der Waals surface area contributed by atoms with Crippen LogP contribution in [0.2, 0.25) is 0 Å². The first-order chi connectivity index (χ1) is 9.17. The predicted molar refractivity (Wildman–Crippen MR) is 75.8 cm³/mol. The Kier molecular flexibility index (Phi) is 2.61. The minimum absolute atomic E-state index is 0.542. The van der Waals surface area contributed by atoms with Crippen LogP contribution in [0.15, 0.2) is 40.8 Å². The topological polar surface area (TPSA) is 30.4 Å². The van der Waals surface area contributed by atoms with E-state index in [2.05, 4.69) is 9.83 Å². The minimum atomic E-state index is 0.542. The van der Waals surface area contributed by atoms with Gasteiger partial charge in [-0.3, -0.25) is 0 Å². The van der Waals surface area contributed by atoms with E-state index >= 15 is 0 Å². The summed E-state index contributed by atoms with van der Waals surface area (Å²) in [5, 5.41) is 0. The summed E-state index contributed by atoms with van der Waals surface area (Å²) >= 11 is 0. The van der Waals surface area contributed by atoms with Crippen LogP contribution in [0.3, 0.4) is 0 Å². The molecule has 0 aliphatic carbocycles. The summed E-state index contributed by atoms with van der Waals surface area (Å²) in [4.78, 5) is 7.86. The number of nitrogens with zero attached hydrogens (tertiary/aromatic N) is 2. The van der Waals surface area contributed by atoms with Crippen LogP contribution in [0.4, 0.5) is 5.69 Å². The average molecular weight is 244 g/mol. The van der Waals surface area contributed by atoms with Crippen LogP contribution in [-0.2, 0) is 0 Å². The standard InChI is InChI=1S/C15H9BN2O/c1-9-7-12(17-2)8-13-14(9)19-15(18-13)10-3-5-11(16)6-4-10/h3-8H,1H3. The van der Waals surface area contributed by atoms with E-state index in [1.54, 1.807) is 12.1 Å². The zero-order valence-electron chi connectivity index (χ0n) is 10.3. The Morgan fingerprint density at radius 1 is 1.21 bits per heavy atom. The first-order valence-corrected chi connectivity index (χ1v) is 5.82. The van der Waals surface area contributed by atoms with Gasteiger partial charge >= 0.3 is 0 Å². The lowest BCUT2D eigenvalue weighted by Gasteiger charge is -1.96. The molecule has 1 aromatic heterocycles. The third-order valence-electron chi connectivity index (χ3n) is 2.95. The summed E-state index contributed by atoms with van der Waals surface area (Å²) in [5.74, 6) is 0.542. The normalized spacial score (nSPS) is 10.5. The van der Waals surface area contributed by atoms with Crippen molar-refractivity contribution in [3.05, 3.63) is 53.4 Å². The van der Waals surface area contributed by atoms with Gasteiger partial charge in [-0.1, -0.05) is 29.7 Å². The first kappa shape index (κ1) is 11.5. The van der Waals surface area contributed by atoms with Crippen molar-refractivity contribution in [3.8, 4) is 11.5 Å². The molecule has 4 heteroatoms. The van der Waals surface area contributed by atoms with Crippen LogP contribution >= 0.6 is 0 Å². The Bertz CT molecular complexity index is 797. The lowest BCUT2D eigenvalue weighted by atomic mass is 9.95. The lowest BCUT2D eigenvalue weighted by Crippen LogP contribution is -1.99. The number of rotatable bonds is 1. The van der Waals surface area contributed by atoms with Gasteiger partial charge in [0.05, 0.1) is 12.1 Å². The molecule has 0 atom stereocenters. The van der Waals surface area contributed by atoms with E-state index in [0.717, 1.165) is 16.7 Å². The fourth-order valence-corrected chi connectivity index (χ4v) is 2.00. The number of aromatic nitrogens is 1. The Morgan fingerprint density at radius 3 is 2.63 bits per heavy atom. The van der Waals surface area contributed by atoms with Gasteiger partial charge in [-0.15, -0.1) is 0 Å². The van der Waals surface area contributed by atoms with Crippen LogP contribution in [0.25, 0.3) is 27.4 Å². The highest BCUT2D eigenvalue weighted by molar-refractivity contribution is 6.32. The molecule has 0 saturated carbocycles. The number of oxazole rings is 1. The van der Waals surface area contributed by atoms with Gasteiger partial charge in [0.15, 0.2) is 11.3 Å². The number of hydrogen-bond acceptors (Lipinski definition) is 2. The molecule has 0 bridgehead atoms. The van der Waals surface area contributed by atoms with Gasteiger partial charge in [-0.2, -0.15) is 0 Å². The second-order valence-corrected chi connectivity index (χ2v) is 4.36. The maximum atomic E-state index is 7.06. The summed E-state index contributed by atoms with van der Waals surface area (Å²) in [7, 11) is 5.66. The number of benzene rings is 2. The van der Waals surface area contributed by atoms with Gasteiger partial charge in [-0.25, -0.2) is 9.83 Å². The van der Waals surface area contributed by atoms with Gasteiger partial charge < -0.3 is 4.42 Å². The van der Waals surface area contributed by atoms with Crippen LogP contribution in [0.5, 0.6) is 0 Å². The van der Waals surface area contributed by atoms with Gasteiger partial charge in [0.2, 0.25) is 5.89 Å². The van der Waals surface area contributed by atoms with Crippen molar-refractivity contribution in [2.24, 2.45) is 0 Å². The van der Waals surface area contributed by atoms with Crippen molar-refractivity contribution in [1.82, 2.24) is 4.98 Å². The smallest absolute Gasteiger partial charge is 0.227 e. The van der Waals surface area contributed by atoms with Crippen LogP contribution in [-0.4, -0.2) is 12.8 Å². The van der Waals surface area contributed by atoms with Gasteiger partial charge in [0.1, 0.15) is 7.85 Å². The third kappa shape index (κ3) is 2.00. The minimum Gasteiger partial charge on any atom is -0.436 e. The monoisotopic (exact) mass is 244 g/mol. The summed E-state index contributed by atoms with van der Waals surface area (Å²) in [6.07, 6.45) is 0. The molecule has 0 spiro atoms. The second kappa shape index (κ2) is 4.29. The molecule has 0 N–H and O–H groups in total. The highest BCUT2D eigenvalue weighted by Crippen LogP contribution is 2.29. The fourth-order valence-electron chi connectivity index (χ4n) is 2.00. The van der Waals surface area contributed by atoms with Gasteiger partial charge in [0, 0.05) is 5.56 Å². The fraction of sp³-hybridized carbons (Fsp3) is 0.0667. The van der Waals surface area contributed by atoms with E-state index in [1.165, 1.54) is 0 Å². The van der Waals surface area contributed by atoms with Crippen LogP contribution in [0.1, 0.15) is 5.56 Å². The molecule has 0 unspecified atom stereocenters. The zero-order valence-corrected chi connectivity index (χ0v) is 10.3. The molecule has 0 aliphatic rings. The molecule has 0 saturated heterocycles. The Morgan fingerprint density at radius 2 is 1.95 bits per heavy atom. The highest BCUT2D eigenvalue weighted by Gasteiger charge is 2.11. The Hall–Kier alpha value is -2.54. The van der Waals surface area contributed by atoms with Crippen molar-refractivity contribution in [1.29, 1.82) is 0 Å². The molecule has 88 valence electrons. The van der Waals surface area contributed by atoms with Crippen molar-refractivity contribution in [2.45, 2.75) is 6.92 Å². The molecule has 2 aromatic carbocycles. The molecule has 19 heavy (non-hydrogen) atoms. The summed E-state index contributed by atoms with van der Waals surface area (Å²) in [5.41, 5.74) is 4.48. The van der Waals surface area contributed by atoms with E-state index in [-0.39, 0.29) is 0 Å².